The van der Waals surface area contributed by atoms with Gasteiger partial charge in [0.05, 0.1) is 13.0 Å². The van der Waals surface area contributed by atoms with Crippen molar-refractivity contribution in [2.24, 2.45) is 0 Å². The van der Waals surface area contributed by atoms with Crippen molar-refractivity contribution in [2.75, 3.05) is 19.7 Å². The van der Waals surface area contributed by atoms with E-state index in [1.165, 1.54) is 18.6 Å². The summed E-state index contributed by atoms with van der Waals surface area (Å²) in [5, 5.41) is 3.09. The number of hydrogen-bond acceptors (Lipinski definition) is 3. The third-order valence-corrected chi connectivity index (χ3v) is 4.69. The molecule has 0 spiro atoms. The maximum atomic E-state index is 13.0. The summed E-state index contributed by atoms with van der Waals surface area (Å²) in [5.41, 5.74) is 0.956. The highest BCUT2D eigenvalue weighted by Crippen LogP contribution is 2.17. The van der Waals surface area contributed by atoms with Crippen LogP contribution in [0.1, 0.15) is 51.0 Å². The smallest absolute Gasteiger partial charge is 0.317 e. The topological polar surface area (TPSA) is 58.6 Å². The molecule has 0 atom stereocenters. The number of nitrogens with zero attached hydrogens (tertiary/aromatic N) is 1. The zero-order valence-corrected chi connectivity index (χ0v) is 15.5. The molecule has 1 aliphatic rings. The molecule has 1 aromatic carbocycles. The highest BCUT2D eigenvalue weighted by molar-refractivity contribution is 5.76. The van der Waals surface area contributed by atoms with Crippen molar-refractivity contribution in [3.8, 4) is 0 Å². The lowest BCUT2D eigenvalue weighted by atomic mass is 9.96. The number of benzene rings is 1. The van der Waals surface area contributed by atoms with Gasteiger partial charge >= 0.3 is 12.0 Å². The van der Waals surface area contributed by atoms with E-state index in [1.807, 2.05) is 0 Å². The molecule has 144 valence electrons. The first kappa shape index (κ1) is 20.2. The Morgan fingerprint density at radius 1 is 1.15 bits per heavy atom. The summed E-state index contributed by atoms with van der Waals surface area (Å²) in [4.78, 5) is 26.0. The minimum absolute atomic E-state index is 0.136. The number of amides is 2. The Kier molecular flexibility index (Phi) is 8.38. The number of esters is 1. The predicted octanol–water partition coefficient (Wildman–Crippen LogP) is 3.67. The van der Waals surface area contributed by atoms with Gasteiger partial charge in [-0.2, -0.15) is 0 Å². The second-order valence-corrected chi connectivity index (χ2v) is 6.70. The quantitative estimate of drug-likeness (QED) is 0.716. The molecular weight excluding hydrogens is 335 g/mol. The van der Waals surface area contributed by atoms with Gasteiger partial charge in [-0.3, -0.25) is 4.79 Å². The maximum Gasteiger partial charge on any atom is 0.317 e. The SMILES string of the molecule is CCOC(=O)CCN(CCc1ccc(F)cc1)C(=O)NC1CCCCC1. The number of halogens is 1. The van der Waals surface area contributed by atoms with E-state index in [1.54, 1.807) is 24.0 Å². The molecule has 26 heavy (non-hydrogen) atoms. The van der Waals surface area contributed by atoms with Crippen LogP contribution in [0, 0.1) is 5.82 Å². The number of carbonyl (C=O) groups excluding carboxylic acids is 2. The molecule has 2 rings (SSSR count). The molecule has 0 bridgehead atoms. The second kappa shape index (κ2) is 10.8. The van der Waals surface area contributed by atoms with Gasteiger partial charge in [0.15, 0.2) is 0 Å². The van der Waals surface area contributed by atoms with E-state index in [9.17, 15) is 14.0 Å². The molecule has 1 N–H and O–H groups in total. The zero-order valence-electron chi connectivity index (χ0n) is 15.5. The summed E-state index contributed by atoms with van der Waals surface area (Å²) in [5.74, 6) is -0.576. The van der Waals surface area contributed by atoms with Gasteiger partial charge in [-0.1, -0.05) is 31.4 Å². The highest BCUT2D eigenvalue weighted by atomic mass is 19.1. The first-order chi connectivity index (χ1) is 12.6. The van der Waals surface area contributed by atoms with E-state index in [2.05, 4.69) is 5.32 Å². The molecule has 1 aromatic rings. The number of hydrogen-bond donors (Lipinski definition) is 1. The van der Waals surface area contributed by atoms with Crippen molar-refractivity contribution in [3.05, 3.63) is 35.6 Å². The molecule has 0 saturated heterocycles. The lowest BCUT2D eigenvalue weighted by Gasteiger charge is -2.28. The standard InChI is InChI=1S/C20H29FN2O3/c1-2-26-19(24)13-15-23(14-12-16-8-10-17(21)11-9-16)20(25)22-18-6-4-3-5-7-18/h8-11,18H,2-7,12-15H2,1H3,(H,22,25). The van der Waals surface area contributed by atoms with Crippen molar-refractivity contribution in [1.29, 1.82) is 0 Å². The first-order valence-corrected chi connectivity index (χ1v) is 9.54. The van der Waals surface area contributed by atoms with Crippen LogP contribution >= 0.6 is 0 Å². The largest absolute Gasteiger partial charge is 0.466 e. The van der Waals surface area contributed by atoms with Crippen molar-refractivity contribution >= 4 is 12.0 Å². The minimum atomic E-state index is -0.301. The third-order valence-electron chi connectivity index (χ3n) is 4.69. The number of rotatable bonds is 8. The number of ether oxygens (including phenoxy) is 1. The van der Waals surface area contributed by atoms with Gasteiger partial charge in [-0.05, 0) is 43.9 Å². The Morgan fingerprint density at radius 2 is 1.85 bits per heavy atom. The zero-order chi connectivity index (χ0) is 18.8. The Bertz CT molecular complexity index is 571. The molecule has 0 radical (unpaired) electrons. The Labute approximate surface area is 154 Å². The minimum Gasteiger partial charge on any atom is -0.466 e. The molecule has 6 heteroatoms. The van der Waals surface area contributed by atoms with Crippen LogP contribution in [0.5, 0.6) is 0 Å². The summed E-state index contributed by atoms with van der Waals surface area (Å²) in [6.07, 6.45) is 6.32. The number of urea groups is 1. The molecule has 2 amide bonds. The van der Waals surface area contributed by atoms with Gasteiger partial charge < -0.3 is 15.0 Å². The van der Waals surface area contributed by atoms with Gasteiger partial charge in [0.25, 0.3) is 0 Å². The second-order valence-electron chi connectivity index (χ2n) is 6.70. The lowest BCUT2D eigenvalue weighted by Crippen LogP contribution is -2.46. The lowest BCUT2D eigenvalue weighted by molar-refractivity contribution is -0.143. The van der Waals surface area contributed by atoms with Gasteiger partial charge in [0, 0.05) is 19.1 Å². The molecule has 1 saturated carbocycles. The van der Waals surface area contributed by atoms with Crippen molar-refractivity contribution in [1.82, 2.24) is 10.2 Å². The van der Waals surface area contributed by atoms with Crippen molar-refractivity contribution in [2.45, 2.75) is 57.9 Å². The Hall–Kier alpha value is -2.11. The molecule has 0 heterocycles. The summed E-state index contributed by atoms with van der Waals surface area (Å²) in [6.45, 7) is 2.89. The predicted molar refractivity (Wildman–Crippen MR) is 98.3 cm³/mol. The van der Waals surface area contributed by atoms with Crippen LogP contribution in [0.25, 0.3) is 0 Å². The van der Waals surface area contributed by atoms with E-state index in [4.69, 9.17) is 4.74 Å². The Balaban J connectivity index is 1.91. The van der Waals surface area contributed by atoms with E-state index in [0.717, 1.165) is 31.2 Å². The van der Waals surface area contributed by atoms with E-state index >= 15 is 0 Å². The van der Waals surface area contributed by atoms with Gasteiger partial charge in [-0.25, -0.2) is 9.18 Å². The normalized spacial score (nSPS) is 14.7. The van der Waals surface area contributed by atoms with Crippen LogP contribution in [0.3, 0.4) is 0 Å². The van der Waals surface area contributed by atoms with Crippen LogP contribution in [0.15, 0.2) is 24.3 Å². The summed E-state index contributed by atoms with van der Waals surface area (Å²) in [6, 6.07) is 6.35. The Morgan fingerprint density at radius 3 is 2.50 bits per heavy atom. The average Bonchev–Trinajstić information content (AvgIpc) is 2.64. The summed E-state index contributed by atoms with van der Waals surface area (Å²) in [7, 11) is 0. The highest BCUT2D eigenvalue weighted by Gasteiger charge is 2.20. The first-order valence-electron chi connectivity index (χ1n) is 9.54. The molecule has 1 fully saturated rings. The van der Waals surface area contributed by atoms with E-state index < -0.39 is 0 Å². The van der Waals surface area contributed by atoms with Crippen LogP contribution in [0.2, 0.25) is 0 Å². The van der Waals surface area contributed by atoms with Crippen molar-refractivity contribution in [3.63, 3.8) is 0 Å². The van der Waals surface area contributed by atoms with Gasteiger partial charge in [0.1, 0.15) is 5.82 Å². The average molecular weight is 364 g/mol. The van der Waals surface area contributed by atoms with Crippen LogP contribution in [-0.2, 0) is 16.0 Å². The van der Waals surface area contributed by atoms with Gasteiger partial charge in [0.2, 0.25) is 0 Å². The fraction of sp³-hybridized carbons (Fsp3) is 0.600. The van der Waals surface area contributed by atoms with Crippen LogP contribution in [-0.4, -0.2) is 42.6 Å². The van der Waals surface area contributed by atoms with Crippen molar-refractivity contribution < 1.29 is 18.7 Å². The summed E-state index contributed by atoms with van der Waals surface area (Å²) < 4.78 is 18.0. The fourth-order valence-electron chi connectivity index (χ4n) is 3.20. The molecule has 0 aromatic heterocycles. The van der Waals surface area contributed by atoms with E-state index in [-0.39, 0.29) is 30.3 Å². The molecule has 0 unspecified atom stereocenters. The monoisotopic (exact) mass is 364 g/mol. The van der Waals surface area contributed by atoms with Gasteiger partial charge in [-0.15, -0.1) is 0 Å². The number of nitrogens with one attached hydrogen (secondary N) is 1. The van der Waals surface area contributed by atoms with Crippen LogP contribution < -0.4 is 5.32 Å². The molecule has 0 aliphatic heterocycles. The number of carbonyl (C=O) groups is 2. The fourth-order valence-corrected chi connectivity index (χ4v) is 3.20. The molecule has 5 nitrogen and oxygen atoms in total. The summed E-state index contributed by atoms with van der Waals surface area (Å²) >= 11 is 0. The third kappa shape index (κ3) is 7.02. The molecular formula is C20H29FN2O3. The molecule has 1 aliphatic carbocycles. The van der Waals surface area contributed by atoms with E-state index in [0.29, 0.717) is 26.1 Å². The maximum absolute atomic E-state index is 13.0. The van der Waals surface area contributed by atoms with Crippen LogP contribution in [0.4, 0.5) is 9.18 Å².